The number of rotatable bonds is 5. The number of benzene rings is 2. The predicted molar refractivity (Wildman–Crippen MR) is 129 cm³/mol. The molecule has 0 unspecified atom stereocenters. The fraction of sp³-hybridized carbons (Fsp3) is 0.375. The van der Waals surface area contributed by atoms with Crippen molar-refractivity contribution in [1.82, 2.24) is 14.8 Å². The minimum absolute atomic E-state index is 0.137. The number of thioether (sulfide) groups is 1. The van der Waals surface area contributed by atoms with Crippen molar-refractivity contribution >= 4 is 39.3 Å². The molecule has 0 radical (unpaired) electrons. The number of carbonyl (C=O) groups excluding carboxylic acids is 1. The number of fused-ring (bicyclic) bond motifs is 1. The minimum atomic E-state index is 0.137. The molecule has 0 spiro atoms. The normalized spacial score (nSPS) is 16.5. The Balaban J connectivity index is 1.38. The fourth-order valence-electron chi connectivity index (χ4n) is 4.64. The number of anilines is 1. The zero-order valence-electron chi connectivity index (χ0n) is 17.3. The number of halogens is 1. The summed E-state index contributed by atoms with van der Waals surface area (Å²) in [5.74, 6) is 1.42. The van der Waals surface area contributed by atoms with Gasteiger partial charge in [-0.25, -0.2) is 0 Å². The number of aromatic nitrogens is 3. The van der Waals surface area contributed by atoms with Gasteiger partial charge in [0.2, 0.25) is 5.91 Å². The van der Waals surface area contributed by atoms with Gasteiger partial charge in [-0.05, 0) is 43.0 Å². The molecule has 1 aromatic heterocycles. The maximum atomic E-state index is 13.0. The van der Waals surface area contributed by atoms with Gasteiger partial charge in [0.15, 0.2) is 11.0 Å². The Hall–Kier alpha value is -2.12. The molecule has 160 valence electrons. The second kappa shape index (κ2) is 9.17. The Labute approximate surface area is 195 Å². The van der Waals surface area contributed by atoms with Crippen molar-refractivity contribution < 1.29 is 4.79 Å². The molecule has 5 rings (SSSR count). The van der Waals surface area contributed by atoms with Crippen molar-refractivity contribution in [2.24, 2.45) is 0 Å². The van der Waals surface area contributed by atoms with E-state index in [-0.39, 0.29) is 5.91 Å². The van der Waals surface area contributed by atoms with Gasteiger partial charge in [-0.15, -0.1) is 10.2 Å². The summed E-state index contributed by atoms with van der Waals surface area (Å²) >= 11 is 5.03. The maximum absolute atomic E-state index is 13.0. The third-order valence-corrected chi connectivity index (χ3v) is 7.68. The molecule has 7 heteroatoms. The van der Waals surface area contributed by atoms with E-state index >= 15 is 0 Å². The molecular weight excluding hydrogens is 472 g/mol. The second-order valence-corrected chi connectivity index (χ2v) is 10.0. The molecule has 1 amide bonds. The topological polar surface area (TPSA) is 51.0 Å². The van der Waals surface area contributed by atoms with Crippen molar-refractivity contribution in [3.8, 4) is 11.4 Å². The SMILES string of the molecule is O=C(CSc1nnc(-c2ccc(Br)cc2)n1C1CCCCC1)N1CCc2ccccc21. The number of hydrogen-bond acceptors (Lipinski definition) is 4. The Morgan fingerprint density at radius 1 is 1.03 bits per heavy atom. The average molecular weight is 497 g/mol. The lowest BCUT2D eigenvalue weighted by molar-refractivity contribution is -0.116. The summed E-state index contributed by atoms with van der Waals surface area (Å²) < 4.78 is 3.34. The van der Waals surface area contributed by atoms with E-state index in [1.807, 2.05) is 35.2 Å². The number of hydrogen-bond donors (Lipinski definition) is 0. The average Bonchev–Trinajstić information content (AvgIpc) is 3.43. The third-order valence-electron chi connectivity index (χ3n) is 6.22. The first-order valence-electron chi connectivity index (χ1n) is 10.9. The molecule has 2 aromatic carbocycles. The van der Waals surface area contributed by atoms with Gasteiger partial charge in [0, 0.05) is 28.3 Å². The Bertz CT molecular complexity index is 1080. The lowest BCUT2D eigenvalue weighted by atomic mass is 9.95. The molecule has 31 heavy (non-hydrogen) atoms. The van der Waals surface area contributed by atoms with Crippen LogP contribution < -0.4 is 4.90 Å². The van der Waals surface area contributed by atoms with Gasteiger partial charge < -0.3 is 4.90 Å². The maximum Gasteiger partial charge on any atom is 0.237 e. The molecule has 1 saturated carbocycles. The van der Waals surface area contributed by atoms with Gasteiger partial charge in [-0.1, -0.05) is 77.3 Å². The molecule has 0 atom stereocenters. The highest BCUT2D eigenvalue weighted by molar-refractivity contribution is 9.10. The smallest absolute Gasteiger partial charge is 0.237 e. The van der Waals surface area contributed by atoms with Crippen LogP contribution in [0.4, 0.5) is 5.69 Å². The van der Waals surface area contributed by atoms with Crippen LogP contribution >= 0.6 is 27.7 Å². The highest BCUT2D eigenvalue weighted by Crippen LogP contribution is 2.36. The van der Waals surface area contributed by atoms with Crippen LogP contribution in [-0.4, -0.2) is 33.0 Å². The van der Waals surface area contributed by atoms with E-state index in [1.165, 1.54) is 36.6 Å². The third kappa shape index (κ3) is 4.30. The summed E-state index contributed by atoms with van der Waals surface area (Å²) in [6.07, 6.45) is 6.97. The molecule has 3 aromatic rings. The van der Waals surface area contributed by atoms with Gasteiger partial charge in [0.1, 0.15) is 0 Å². The number of nitrogens with zero attached hydrogens (tertiary/aromatic N) is 4. The van der Waals surface area contributed by atoms with Crippen molar-refractivity contribution in [3.05, 3.63) is 58.6 Å². The summed E-state index contributed by atoms with van der Waals surface area (Å²) in [5, 5.41) is 9.93. The first kappa shape index (κ1) is 20.8. The van der Waals surface area contributed by atoms with Crippen LogP contribution in [0, 0.1) is 0 Å². The van der Waals surface area contributed by atoms with E-state index in [0.29, 0.717) is 11.8 Å². The highest BCUT2D eigenvalue weighted by Gasteiger charge is 2.27. The van der Waals surface area contributed by atoms with Crippen LogP contribution in [0.15, 0.2) is 58.2 Å². The Kier molecular flexibility index (Phi) is 6.14. The molecule has 2 aliphatic rings. The van der Waals surface area contributed by atoms with Crippen LogP contribution in [-0.2, 0) is 11.2 Å². The number of carbonyl (C=O) groups is 1. The molecule has 0 saturated heterocycles. The first-order valence-corrected chi connectivity index (χ1v) is 12.7. The van der Waals surface area contributed by atoms with Crippen LogP contribution in [0.1, 0.15) is 43.7 Å². The molecule has 1 aliphatic carbocycles. The fourth-order valence-corrected chi connectivity index (χ4v) is 5.79. The van der Waals surface area contributed by atoms with Crippen LogP contribution in [0.5, 0.6) is 0 Å². The minimum Gasteiger partial charge on any atom is -0.311 e. The summed E-state index contributed by atoms with van der Waals surface area (Å²) in [4.78, 5) is 14.9. The monoisotopic (exact) mass is 496 g/mol. The zero-order valence-corrected chi connectivity index (χ0v) is 19.7. The molecule has 1 fully saturated rings. The van der Waals surface area contributed by atoms with Gasteiger partial charge in [0.25, 0.3) is 0 Å². The van der Waals surface area contributed by atoms with Crippen LogP contribution in [0.3, 0.4) is 0 Å². The van der Waals surface area contributed by atoms with E-state index in [1.54, 1.807) is 0 Å². The summed E-state index contributed by atoms with van der Waals surface area (Å²) in [7, 11) is 0. The Morgan fingerprint density at radius 2 is 1.81 bits per heavy atom. The lowest BCUT2D eigenvalue weighted by Crippen LogP contribution is -2.30. The molecule has 2 heterocycles. The van der Waals surface area contributed by atoms with Crippen molar-refractivity contribution in [2.75, 3.05) is 17.2 Å². The van der Waals surface area contributed by atoms with Crippen LogP contribution in [0.25, 0.3) is 11.4 Å². The molecule has 0 N–H and O–H groups in total. The molecule has 0 bridgehead atoms. The van der Waals surface area contributed by atoms with Crippen LogP contribution in [0.2, 0.25) is 0 Å². The van der Waals surface area contributed by atoms with Gasteiger partial charge >= 0.3 is 0 Å². The standard InChI is InChI=1S/C24H25BrN4OS/c25-19-12-10-18(11-13-19)23-26-27-24(29(23)20-7-2-1-3-8-20)31-16-22(30)28-15-14-17-6-4-5-9-21(17)28/h4-6,9-13,20H,1-3,7-8,14-16H2. The van der Waals surface area contributed by atoms with Crippen molar-refractivity contribution in [3.63, 3.8) is 0 Å². The molecule has 1 aliphatic heterocycles. The van der Waals surface area contributed by atoms with Crippen molar-refractivity contribution in [1.29, 1.82) is 0 Å². The van der Waals surface area contributed by atoms with Crippen molar-refractivity contribution in [2.45, 2.75) is 49.7 Å². The quantitative estimate of drug-likeness (QED) is 0.413. The van der Waals surface area contributed by atoms with Gasteiger partial charge in [0.05, 0.1) is 5.75 Å². The zero-order chi connectivity index (χ0) is 21.2. The summed E-state index contributed by atoms with van der Waals surface area (Å²) in [6, 6.07) is 16.8. The summed E-state index contributed by atoms with van der Waals surface area (Å²) in [5.41, 5.74) is 3.37. The number of amides is 1. The lowest BCUT2D eigenvalue weighted by Gasteiger charge is -2.25. The largest absolute Gasteiger partial charge is 0.311 e. The summed E-state index contributed by atoms with van der Waals surface area (Å²) in [6.45, 7) is 0.762. The van der Waals surface area contributed by atoms with E-state index in [0.717, 1.165) is 52.5 Å². The Morgan fingerprint density at radius 3 is 2.61 bits per heavy atom. The number of para-hydroxylation sites is 1. The van der Waals surface area contributed by atoms with Gasteiger partial charge in [-0.3, -0.25) is 9.36 Å². The second-order valence-electron chi connectivity index (χ2n) is 8.19. The first-order chi connectivity index (χ1) is 15.2. The van der Waals surface area contributed by atoms with E-state index in [2.05, 4.69) is 48.9 Å². The van der Waals surface area contributed by atoms with E-state index in [4.69, 9.17) is 0 Å². The van der Waals surface area contributed by atoms with Gasteiger partial charge in [-0.2, -0.15) is 0 Å². The highest BCUT2D eigenvalue weighted by atomic mass is 79.9. The predicted octanol–water partition coefficient (Wildman–Crippen LogP) is 5.89. The molecular formula is C24H25BrN4OS. The van der Waals surface area contributed by atoms with E-state index in [9.17, 15) is 4.79 Å². The van der Waals surface area contributed by atoms with E-state index < -0.39 is 0 Å². The molecule has 5 nitrogen and oxygen atoms in total.